The largest absolute Gasteiger partial charge is 0.497 e. The van der Waals surface area contributed by atoms with Gasteiger partial charge in [-0.25, -0.2) is 0 Å². The highest BCUT2D eigenvalue weighted by atomic mass is 16.5. The standard InChI is InChI=1S/C18H23NO2/c1-14(2)21-18-10-6-16(7-11-18)19-13-12-15-4-8-17(20-3)9-5-15/h4-11,14,19H,12-13H2,1-3H3. The fourth-order valence-corrected chi connectivity index (χ4v) is 2.07. The Kier molecular flexibility index (Phi) is 5.50. The Hall–Kier alpha value is -2.16. The van der Waals surface area contributed by atoms with Gasteiger partial charge in [0.1, 0.15) is 11.5 Å². The van der Waals surface area contributed by atoms with Crippen molar-refractivity contribution >= 4 is 5.69 Å². The van der Waals surface area contributed by atoms with Crippen LogP contribution in [0.2, 0.25) is 0 Å². The molecule has 0 atom stereocenters. The van der Waals surface area contributed by atoms with Gasteiger partial charge >= 0.3 is 0 Å². The molecule has 0 aliphatic carbocycles. The van der Waals surface area contributed by atoms with Gasteiger partial charge < -0.3 is 14.8 Å². The molecule has 0 amide bonds. The van der Waals surface area contributed by atoms with Crippen LogP contribution in [0.4, 0.5) is 5.69 Å². The number of ether oxygens (including phenoxy) is 2. The molecule has 0 radical (unpaired) electrons. The van der Waals surface area contributed by atoms with E-state index >= 15 is 0 Å². The SMILES string of the molecule is COc1ccc(CCNc2ccc(OC(C)C)cc2)cc1. The average molecular weight is 285 g/mol. The van der Waals surface area contributed by atoms with Gasteiger partial charge in [-0.05, 0) is 62.2 Å². The highest BCUT2D eigenvalue weighted by Crippen LogP contribution is 2.17. The molecule has 3 nitrogen and oxygen atoms in total. The van der Waals surface area contributed by atoms with Crippen molar-refractivity contribution in [3.05, 3.63) is 54.1 Å². The van der Waals surface area contributed by atoms with Gasteiger partial charge in [0.2, 0.25) is 0 Å². The first kappa shape index (κ1) is 15.2. The van der Waals surface area contributed by atoms with Crippen LogP contribution in [0.3, 0.4) is 0 Å². The van der Waals surface area contributed by atoms with Crippen molar-refractivity contribution in [2.45, 2.75) is 26.4 Å². The number of anilines is 1. The maximum atomic E-state index is 5.63. The molecule has 0 aliphatic rings. The van der Waals surface area contributed by atoms with E-state index in [1.54, 1.807) is 7.11 Å². The zero-order valence-electron chi connectivity index (χ0n) is 12.9. The maximum absolute atomic E-state index is 5.63. The van der Waals surface area contributed by atoms with Crippen molar-refractivity contribution in [3.63, 3.8) is 0 Å². The fourth-order valence-electron chi connectivity index (χ4n) is 2.07. The summed E-state index contributed by atoms with van der Waals surface area (Å²) in [5.74, 6) is 1.80. The maximum Gasteiger partial charge on any atom is 0.119 e. The first-order valence-corrected chi connectivity index (χ1v) is 7.31. The summed E-state index contributed by atoms with van der Waals surface area (Å²) in [4.78, 5) is 0. The summed E-state index contributed by atoms with van der Waals surface area (Å²) in [6.07, 6.45) is 1.19. The molecule has 1 N–H and O–H groups in total. The molecule has 0 spiro atoms. The van der Waals surface area contributed by atoms with E-state index in [0.29, 0.717) is 0 Å². The number of benzene rings is 2. The Labute approximate surface area is 126 Å². The molecule has 112 valence electrons. The first-order valence-electron chi connectivity index (χ1n) is 7.31. The van der Waals surface area contributed by atoms with Crippen LogP contribution in [0.1, 0.15) is 19.4 Å². The van der Waals surface area contributed by atoms with Gasteiger partial charge in [-0.3, -0.25) is 0 Å². The van der Waals surface area contributed by atoms with Crippen LogP contribution in [-0.4, -0.2) is 19.8 Å². The molecule has 3 heteroatoms. The second-order valence-corrected chi connectivity index (χ2v) is 5.22. The lowest BCUT2D eigenvalue weighted by Gasteiger charge is -2.11. The molecular weight excluding hydrogens is 262 g/mol. The molecule has 0 aliphatic heterocycles. The minimum atomic E-state index is 0.207. The Morgan fingerprint density at radius 2 is 1.52 bits per heavy atom. The van der Waals surface area contributed by atoms with E-state index in [9.17, 15) is 0 Å². The van der Waals surface area contributed by atoms with Crippen LogP contribution in [0.25, 0.3) is 0 Å². The third-order valence-corrected chi connectivity index (χ3v) is 3.13. The van der Waals surface area contributed by atoms with Gasteiger partial charge in [-0.1, -0.05) is 12.1 Å². The molecule has 0 saturated carbocycles. The van der Waals surface area contributed by atoms with Crippen LogP contribution >= 0.6 is 0 Å². The summed E-state index contributed by atoms with van der Waals surface area (Å²) >= 11 is 0. The van der Waals surface area contributed by atoms with Crippen LogP contribution < -0.4 is 14.8 Å². The monoisotopic (exact) mass is 285 g/mol. The number of hydrogen-bond donors (Lipinski definition) is 1. The molecule has 0 unspecified atom stereocenters. The van der Waals surface area contributed by atoms with Crippen LogP contribution in [0.15, 0.2) is 48.5 Å². The third-order valence-electron chi connectivity index (χ3n) is 3.13. The third kappa shape index (κ3) is 5.03. The second-order valence-electron chi connectivity index (χ2n) is 5.22. The van der Waals surface area contributed by atoms with Gasteiger partial charge in [0.15, 0.2) is 0 Å². The van der Waals surface area contributed by atoms with E-state index in [1.807, 2.05) is 50.2 Å². The summed E-state index contributed by atoms with van der Waals surface area (Å²) in [6.45, 7) is 4.96. The van der Waals surface area contributed by atoms with E-state index in [2.05, 4.69) is 17.4 Å². The van der Waals surface area contributed by atoms with Crippen LogP contribution in [0, 0.1) is 0 Å². The lowest BCUT2D eigenvalue weighted by Crippen LogP contribution is -2.06. The van der Waals surface area contributed by atoms with E-state index in [0.717, 1.165) is 30.2 Å². The minimum Gasteiger partial charge on any atom is -0.497 e. The van der Waals surface area contributed by atoms with Gasteiger partial charge in [0.25, 0.3) is 0 Å². The van der Waals surface area contributed by atoms with E-state index in [1.165, 1.54) is 5.56 Å². The van der Waals surface area contributed by atoms with Crippen molar-refractivity contribution in [2.24, 2.45) is 0 Å². The molecule has 0 bridgehead atoms. The highest BCUT2D eigenvalue weighted by Gasteiger charge is 1.98. The summed E-state index contributed by atoms with van der Waals surface area (Å²) in [5.41, 5.74) is 2.41. The van der Waals surface area contributed by atoms with Crippen molar-refractivity contribution in [1.82, 2.24) is 0 Å². The molecule has 0 aromatic heterocycles. The van der Waals surface area contributed by atoms with Gasteiger partial charge in [-0.2, -0.15) is 0 Å². The van der Waals surface area contributed by atoms with E-state index in [4.69, 9.17) is 9.47 Å². The molecule has 21 heavy (non-hydrogen) atoms. The van der Waals surface area contributed by atoms with E-state index < -0.39 is 0 Å². The van der Waals surface area contributed by atoms with Gasteiger partial charge in [0.05, 0.1) is 13.2 Å². The fraction of sp³-hybridized carbons (Fsp3) is 0.333. The van der Waals surface area contributed by atoms with Crippen molar-refractivity contribution in [3.8, 4) is 11.5 Å². The zero-order chi connectivity index (χ0) is 15.1. The van der Waals surface area contributed by atoms with Crippen molar-refractivity contribution in [2.75, 3.05) is 19.0 Å². The smallest absolute Gasteiger partial charge is 0.119 e. The van der Waals surface area contributed by atoms with Gasteiger partial charge in [0, 0.05) is 12.2 Å². The predicted molar refractivity (Wildman–Crippen MR) is 87.4 cm³/mol. The molecule has 0 heterocycles. The molecule has 2 rings (SSSR count). The highest BCUT2D eigenvalue weighted by molar-refractivity contribution is 5.46. The Bertz CT molecular complexity index is 532. The Balaban J connectivity index is 1.79. The Morgan fingerprint density at radius 3 is 2.10 bits per heavy atom. The van der Waals surface area contributed by atoms with Crippen LogP contribution in [0.5, 0.6) is 11.5 Å². The number of hydrogen-bond acceptors (Lipinski definition) is 3. The molecular formula is C18H23NO2. The quantitative estimate of drug-likeness (QED) is 0.829. The minimum absolute atomic E-state index is 0.207. The second kappa shape index (κ2) is 7.58. The van der Waals surface area contributed by atoms with E-state index in [-0.39, 0.29) is 6.10 Å². The van der Waals surface area contributed by atoms with Crippen LogP contribution in [-0.2, 0) is 6.42 Å². The summed E-state index contributed by atoms with van der Waals surface area (Å²) in [7, 11) is 1.68. The lowest BCUT2D eigenvalue weighted by atomic mass is 10.1. The topological polar surface area (TPSA) is 30.5 Å². The first-order chi connectivity index (χ1) is 10.2. The summed E-state index contributed by atoms with van der Waals surface area (Å²) in [6, 6.07) is 16.3. The molecule has 0 fully saturated rings. The number of rotatable bonds is 7. The lowest BCUT2D eigenvalue weighted by molar-refractivity contribution is 0.242. The Morgan fingerprint density at radius 1 is 0.905 bits per heavy atom. The number of nitrogens with one attached hydrogen (secondary N) is 1. The number of methoxy groups -OCH3 is 1. The normalized spacial score (nSPS) is 10.5. The van der Waals surface area contributed by atoms with Gasteiger partial charge in [-0.15, -0.1) is 0 Å². The molecule has 2 aromatic carbocycles. The summed E-state index contributed by atoms with van der Waals surface area (Å²) < 4.78 is 10.8. The molecule has 0 saturated heterocycles. The van der Waals surface area contributed by atoms with Crippen molar-refractivity contribution < 1.29 is 9.47 Å². The molecule has 2 aromatic rings. The predicted octanol–water partition coefficient (Wildman–Crippen LogP) is 4.14. The van der Waals surface area contributed by atoms with Crippen molar-refractivity contribution in [1.29, 1.82) is 0 Å². The summed E-state index contributed by atoms with van der Waals surface area (Å²) in [5, 5.41) is 3.42. The zero-order valence-corrected chi connectivity index (χ0v) is 12.9. The average Bonchev–Trinajstić information content (AvgIpc) is 2.49.